The van der Waals surface area contributed by atoms with Crippen LogP contribution in [0.4, 0.5) is 20.6 Å². The molecule has 1 aromatic heterocycles. The van der Waals surface area contributed by atoms with Gasteiger partial charge in [-0.15, -0.1) is 5.10 Å². The van der Waals surface area contributed by atoms with Gasteiger partial charge in [-0.25, -0.2) is 9.18 Å². The third kappa shape index (κ3) is 4.98. The Kier molecular flexibility index (Phi) is 6.54. The van der Waals surface area contributed by atoms with Crippen LogP contribution >= 0.6 is 0 Å². The third-order valence-corrected chi connectivity index (χ3v) is 5.84. The first-order valence-corrected chi connectivity index (χ1v) is 10.7. The summed E-state index contributed by atoms with van der Waals surface area (Å²) in [6.07, 6.45) is 2.50. The molecule has 0 saturated carbocycles. The Balaban J connectivity index is 1.34. The molecular formula is C21H27FN6O4. The number of nitrogens with zero attached hydrogens (tertiary/aromatic N) is 5. The second kappa shape index (κ2) is 9.51. The number of benzene rings is 1. The highest BCUT2D eigenvalue weighted by molar-refractivity contribution is 5.90. The van der Waals surface area contributed by atoms with Gasteiger partial charge in [-0.3, -0.25) is 14.4 Å². The fraction of sp³-hybridized carbons (Fsp3) is 0.524. The van der Waals surface area contributed by atoms with E-state index in [1.165, 1.54) is 17.9 Å². The predicted molar refractivity (Wildman–Crippen MR) is 114 cm³/mol. The van der Waals surface area contributed by atoms with Crippen molar-refractivity contribution in [1.29, 1.82) is 0 Å². The lowest BCUT2D eigenvalue weighted by atomic mass is 9.96. The third-order valence-electron chi connectivity index (χ3n) is 5.84. The lowest BCUT2D eigenvalue weighted by molar-refractivity contribution is -0.119. The summed E-state index contributed by atoms with van der Waals surface area (Å²) in [5.41, 5.74) is 1.49. The van der Waals surface area contributed by atoms with Gasteiger partial charge in [0.05, 0.1) is 37.3 Å². The van der Waals surface area contributed by atoms with Crippen molar-refractivity contribution < 1.29 is 23.8 Å². The molecule has 10 nitrogen and oxygen atoms in total. The normalized spacial score (nSPS) is 19.3. The molecule has 0 bridgehead atoms. The molecule has 11 heteroatoms. The highest BCUT2D eigenvalue weighted by Gasteiger charge is 2.33. The Labute approximate surface area is 184 Å². The van der Waals surface area contributed by atoms with Gasteiger partial charge in [0, 0.05) is 26.6 Å². The molecule has 2 amide bonds. The second-order valence-corrected chi connectivity index (χ2v) is 8.21. The Morgan fingerprint density at radius 3 is 2.78 bits per heavy atom. The number of hydrogen-bond donors (Lipinski definition) is 2. The van der Waals surface area contributed by atoms with Crippen molar-refractivity contribution in [3.63, 3.8) is 0 Å². The topological polar surface area (TPSA) is 113 Å². The number of carbonyl (C=O) groups excluding carboxylic acids is 2. The molecule has 0 spiro atoms. The Bertz CT molecular complexity index is 975. The quantitative estimate of drug-likeness (QED) is 0.659. The maximum atomic E-state index is 14.9. The predicted octanol–water partition coefficient (Wildman–Crippen LogP) is 1.29. The minimum absolute atomic E-state index is 0.126. The number of cyclic esters (lactones) is 1. The zero-order valence-corrected chi connectivity index (χ0v) is 17.9. The van der Waals surface area contributed by atoms with E-state index in [1.807, 2.05) is 4.90 Å². The number of hydrogen-bond acceptors (Lipinski definition) is 7. The second-order valence-electron chi connectivity index (χ2n) is 8.21. The lowest BCUT2D eigenvalue weighted by Crippen LogP contribution is -2.35. The van der Waals surface area contributed by atoms with Gasteiger partial charge in [-0.1, -0.05) is 5.21 Å². The van der Waals surface area contributed by atoms with Crippen LogP contribution in [0.1, 0.15) is 25.5 Å². The van der Waals surface area contributed by atoms with Gasteiger partial charge in [0.15, 0.2) is 0 Å². The van der Waals surface area contributed by atoms with E-state index in [9.17, 15) is 14.0 Å². The molecule has 172 valence electrons. The SMILES string of the molecule is CC(=O)NC[C@H]1CN(c2ccc(N3CCC(Cn4cc(CO)nn4)CC3)c(F)c2)C(=O)O1. The minimum atomic E-state index is -0.550. The molecule has 1 aromatic carbocycles. The number of aliphatic hydroxyl groups excluding tert-OH is 1. The van der Waals surface area contributed by atoms with Crippen molar-refractivity contribution in [2.24, 2.45) is 5.92 Å². The molecule has 0 aliphatic carbocycles. The van der Waals surface area contributed by atoms with E-state index in [4.69, 9.17) is 9.84 Å². The van der Waals surface area contributed by atoms with Gasteiger partial charge >= 0.3 is 6.09 Å². The van der Waals surface area contributed by atoms with E-state index in [0.717, 1.165) is 19.4 Å². The highest BCUT2D eigenvalue weighted by Crippen LogP contribution is 2.30. The van der Waals surface area contributed by atoms with Crippen LogP contribution in [-0.2, 0) is 22.7 Å². The molecule has 2 saturated heterocycles. The molecule has 2 aliphatic rings. The Hall–Kier alpha value is -3.21. The maximum Gasteiger partial charge on any atom is 0.414 e. The summed E-state index contributed by atoms with van der Waals surface area (Å²) in [5, 5.41) is 19.6. The van der Waals surface area contributed by atoms with Crippen LogP contribution in [0.3, 0.4) is 0 Å². The monoisotopic (exact) mass is 446 g/mol. The number of ether oxygens (including phenoxy) is 1. The van der Waals surface area contributed by atoms with Crippen LogP contribution < -0.4 is 15.1 Å². The Morgan fingerprint density at radius 2 is 2.12 bits per heavy atom. The van der Waals surface area contributed by atoms with Crippen LogP contribution in [0.25, 0.3) is 0 Å². The van der Waals surface area contributed by atoms with Crippen LogP contribution in [-0.4, -0.2) is 64.4 Å². The fourth-order valence-electron chi connectivity index (χ4n) is 4.14. The standard InChI is InChI=1S/C21H27FN6O4/c1-14(30)23-9-18-12-28(21(31)32-18)17-2-3-20(19(22)8-17)26-6-4-15(5-7-26)10-27-11-16(13-29)24-25-27/h2-3,8,11,15,18,29H,4-7,9-10,12-13H2,1H3,(H,23,30)/t18-/m0/s1. The minimum Gasteiger partial charge on any atom is -0.442 e. The molecular weight excluding hydrogens is 419 g/mol. The number of piperidine rings is 1. The summed E-state index contributed by atoms with van der Waals surface area (Å²) in [5.74, 6) is -0.181. The number of amides is 2. The summed E-state index contributed by atoms with van der Waals surface area (Å²) in [6, 6.07) is 4.78. The zero-order valence-electron chi connectivity index (χ0n) is 17.9. The first kappa shape index (κ1) is 22.0. The molecule has 2 fully saturated rings. The molecule has 2 aromatic rings. The molecule has 0 radical (unpaired) electrons. The van der Waals surface area contributed by atoms with E-state index in [0.29, 0.717) is 36.1 Å². The van der Waals surface area contributed by atoms with Crippen LogP contribution in [0.5, 0.6) is 0 Å². The van der Waals surface area contributed by atoms with Crippen molar-refractivity contribution in [2.75, 3.05) is 36.0 Å². The smallest absolute Gasteiger partial charge is 0.414 e. The summed E-state index contributed by atoms with van der Waals surface area (Å²) >= 11 is 0. The molecule has 4 rings (SSSR count). The fourth-order valence-corrected chi connectivity index (χ4v) is 4.14. The van der Waals surface area contributed by atoms with E-state index < -0.39 is 12.2 Å². The molecule has 32 heavy (non-hydrogen) atoms. The largest absolute Gasteiger partial charge is 0.442 e. The van der Waals surface area contributed by atoms with E-state index >= 15 is 0 Å². The summed E-state index contributed by atoms with van der Waals surface area (Å²) in [6.45, 7) is 3.90. The molecule has 2 N–H and O–H groups in total. The number of halogens is 1. The number of carbonyl (C=O) groups is 2. The van der Waals surface area contributed by atoms with Crippen molar-refractivity contribution in [2.45, 2.75) is 39.0 Å². The highest BCUT2D eigenvalue weighted by atomic mass is 19.1. The summed E-state index contributed by atoms with van der Waals surface area (Å²) in [4.78, 5) is 26.6. The van der Waals surface area contributed by atoms with E-state index in [2.05, 4.69) is 15.6 Å². The van der Waals surface area contributed by atoms with Gasteiger partial charge in [-0.05, 0) is 37.0 Å². The van der Waals surface area contributed by atoms with Gasteiger partial charge < -0.3 is 20.1 Å². The maximum absolute atomic E-state index is 14.9. The molecule has 1 atom stereocenters. The lowest BCUT2D eigenvalue weighted by Gasteiger charge is -2.34. The van der Waals surface area contributed by atoms with Crippen molar-refractivity contribution in [3.8, 4) is 0 Å². The number of rotatable bonds is 7. The van der Waals surface area contributed by atoms with E-state index in [1.54, 1.807) is 23.0 Å². The van der Waals surface area contributed by atoms with Gasteiger partial charge in [0.25, 0.3) is 0 Å². The van der Waals surface area contributed by atoms with Crippen LogP contribution in [0, 0.1) is 11.7 Å². The molecule has 2 aliphatic heterocycles. The first-order valence-electron chi connectivity index (χ1n) is 10.7. The van der Waals surface area contributed by atoms with Gasteiger partial charge in [-0.2, -0.15) is 0 Å². The van der Waals surface area contributed by atoms with Crippen molar-refractivity contribution in [1.82, 2.24) is 20.3 Å². The average Bonchev–Trinajstić information content (AvgIpc) is 3.39. The van der Waals surface area contributed by atoms with E-state index in [-0.39, 0.29) is 31.4 Å². The number of aromatic nitrogens is 3. The van der Waals surface area contributed by atoms with Crippen molar-refractivity contribution >= 4 is 23.4 Å². The van der Waals surface area contributed by atoms with Crippen molar-refractivity contribution in [3.05, 3.63) is 35.9 Å². The molecule has 0 unspecified atom stereocenters. The van der Waals surface area contributed by atoms with Crippen LogP contribution in [0.15, 0.2) is 24.4 Å². The zero-order chi connectivity index (χ0) is 22.7. The summed E-state index contributed by atoms with van der Waals surface area (Å²) in [7, 11) is 0. The Morgan fingerprint density at radius 1 is 1.34 bits per heavy atom. The first-order chi connectivity index (χ1) is 15.4. The number of anilines is 2. The van der Waals surface area contributed by atoms with Gasteiger partial charge in [0.1, 0.15) is 17.6 Å². The number of nitrogens with one attached hydrogen (secondary N) is 1. The number of aliphatic hydroxyl groups is 1. The van der Waals surface area contributed by atoms with Crippen LogP contribution in [0.2, 0.25) is 0 Å². The molecule has 3 heterocycles. The van der Waals surface area contributed by atoms with Gasteiger partial charge in [0.2, 0.25) is 5.91 Å². The summed E-state index contributed by atoms with van der Waals surface area (Å²) < 4.78 is 21.9. The average molecular weight is 446 g/mol.